The predicted octanol–water partition coefficient (Wildman–Crippen LogP) is 2.71. The van der Waals surface area contributed by atoms with Gasteiger partial charge in [-0.3, -0.25) is 0 Å². The lowest BCUT2D eigenvalue weighted by Crippen LogP contribution is -2.18. The van der Waals surface area contributed by atoms with Crippen LogP contribution >= 0.6 is 0 Å². The minimum atomic E-state index is -4.56. The van der Waals surface area contributed by atoms with E-state index in [0.29, 0.717) is 0 Å². The Balaban J connectivity index is 2.30. The van der Waals surface area contributed by atoms with E-state index in [2.05, 4.69) is 9.68 Å². The van der Waals surface area contributed by atoms with Crippen LogP contribution in [0.3, 0.4) is 0 Å². The van der Waals surface area contributed by atoms with Crippen LogP contribution in [0.25, 0.3) is 11.1 Å². The molecule has 0 aliphatic carbocycles. The maximum Gasteiger partial charge on any atom is 0.417 e. The van der Waals surface area contributed by atoms with E-state index >= 15 is 0 Å². The number of hydrogen-bond acceptors (Lipinski definition) is 5. The second-order valence-electron chi connectivity index (χ2n) is 4.11. The molecule has 0 radical (unpaired) electrons. The molecule has 0 spiro atoms. The Morgan fingerprint density at radius 1 is 1.15 bits per heavy atom. The molecule has 0 fully saturated rings. The first-order valence-corrected chi connectivity index (χ1v) is 5.69. The molecule has 0 bridgehead atoms. The van der Waals surface area contributed by atoms with Crippen molar-refractivity contribution in [1.82, 2.24) is 5.16 Å². The summed E-state index contributed by atoms with van der Waals surface area (Å²) in [6.07, 6.45) is -3.44. The van der Waals surface area contributed by atoms with E-state index in [1.165, 1.54) is 6.07 Å². The van der Waals surface area contributed by atoms with Crippen LogP contribution in [0.4, 0.5) is 19.1 Å². The molecule has 5 nitrogen and oxygen atoms in total. The molecular weight excluding hydrogens is 277 g/mol. The Hall–Kier alpha value is -2.38. The van der Waals surface area contributed by atoms with E-state index in [0.717, 1.165) is 12.3 Å². The molecule has 1 aromatic carbocycles. The van der Waals surface area contributed by atoms with Crippen LogP contribution in [0.15, 0.2) is 22.9 Å². The van der Waals surface area contributed by atoms with Gasteiger partial charge in [-0.1, -0.05) is 5.16 Å². The van der Waals surface area contributed by atoms with Gasteiger partial charge in [0.15, 0.2) is 11.5 Å². The van der Waals surface area contributed by atoms with Crippen LogP contribution in [0, 0.1) is 0 Å². The Labute approximate surface area is 111 Å². The van der Waals surface area contributed by atoms with Crippen molar-refractivity contribution >= 4 is 5.88 Å². The molecule has 106 valence electrons. The quantitative estimate of drug-likeness (QED) is 0.872. The molecule has 0 saturated carbocycles. The minimum absolute atomic E-state index is 0.000903. The standard InChI is InChI=1S/C12H9F3N2O3/c13-12(14,15)7-1-2-8-10(19-4-3-18-8)9(7)6-5-17-20-11(6)16/h1-2,5H,3-4,16H2. The van der Waals surface area contributed by atoms with E-state index in [4.69, 9.17) is 15.2 Å². The molecule has 1 aliphatic rings. The van der Waals surface area contributed by atoms with Gasteiger partial charge >= 0.3 is 6.18 Å². The first-order valence-electron chi connectivity index (χ1n) is 5.69. The third-order valence-electron chi connectivity index (χ3n) is 2.88. The molecular formula is C12H9F3N2O3. The Kier molecular flexibility index (Phi) is 2.73. The van der Waals surface area contributed by atoms with Gasteiger partial charge in [0.1, 0.15) is 13.2 Å². The number of fused-ring (bicyclic) bond motifs is 1. The summed E-state index contributed by atoms with van der Waals surface area (Å²) in [4.78, 5) is 0. The number of nitrogens with zero attached hydrogens (tertiary/aromatic N) is 1. The maximum atomic E-state index is 13.2. The van der Waals surface area contributed by atoms with Gasteiger partial charge in [-0.25, -0.2) is 0 Å². The number of aromatic nitrogens is 1. The van der Waals surface area contributed by atoms with Crippen LogP contribution in [-0.2, 0) is 6.18 Å². The first-order chi connectivity index (χ1) is 9.48. The average Bonchev–Trinajstić information content (AvgIpc) is 2.82. The fourth-order valence-corrected chi connectivity index (χ4v) is 2.06. The van der Waals surface area contributed by atoms with E-state index < -0.39 is 11.7 Å². The lowest BCUT2D eigenvalue weighted by Gasteiger charge is -2.23. The van der Waals surface area contributed by atoms with Crippen molar-refractivity contribution in [3.05, 3.63) is 23.9 Å². The normalized spacial score (nSPS) is 14.3. The number of nitrogens with two attached hydrogens (primary N) is 1. The number of alkyl halides is 3. The summed E-state index contributed by atoms with van der Waals surface area (Å²) in [5.74, 6) is 0.0268. The number of rotatable bonds is 1. The number of hydrogen-bond donors (Lipinski definition) is 1. The van der Waals surface area contributed by atoms with Crippen molar-refractivity contribution in [3.8, 4) is 22.6 Å². The third kappa shape index (κ3) is 1.93. The molecule has 1 aliphatic heterocycles. The SMILES string of the molecule is Nc1oncc1-c1c(C(F)(F)F)ccc2c1OCCO2. The van der Waals surface area contributed by atoms with Crippen molar-refractivity contribution in [2.24, 2.45) is 0 Å². The number of nitrogen functional groups attached to an aromatic ring is 1. The monoisotopic (exact) mass is 286 g/mol. The van der Waals surface area contributed by atoms with Crippen LogP contribution in [0.2, 0.25) is 0 Å². The van der Waals surface area contributed by atoms with Crippen LogP contribution < -0.4 is 15.2 Å². The smallest absolute Gasteiger partial charge is 0.417 e. The van der Waals surface area contributed by atoms with Gasteiger partial charge in [0.25, 0.3) is 0 Å². The van der Waals surface area contributed by atoms with Crippen LogP contribution in [0.5, 0.6) is 11.5 Å². The zero-order chi connectivity index (χ0) is 14.3. The molecule has 20 heavy (non-hydrogen) atoms. The second-order valence-corrected chi connectivity index (χ2v) is 4.11. The first kappa shape index (κ1) is 12.6. The summed E-state index contributed by atoms with van der Waals surface area (Å²) in [5, 5.41) is 3.41. The molecule has 0 atom stereocenters. The van der Waals surface area contributed by atoms with Gasteiger partial charge in [0, 0.05) is 5.56 Å². The van der Waals surface area contributed by atoms with Crippen molar-refractivity contribution in [3.63, 3.8) is 0 Å². The third-order valence-corrected chi connectivity index (χ3v) is 2.88. The van der Waals surface area contributed by atoms with Gasteiger partial charge in [0.2, 0.25) is 5.88 Å². The zero-order valence-electron chi connectivity index (χ0n) is 10.0. The highest BCUT2D eigenvalue weighted by Gasteiger charge is 2.38. The summed E-state index contributed by atoms with van der Waals surface area (Å²) >= 11 is 0. The van der Waals surface area contributed by atoms with Gasteiger partial charge in [0.05, 0.1) is 17.3 Å². The zero-order valence-corrected chi connectivity index (χ0v) is 10.0. The highest BCUT2D eigenvalue weighted by Crippen LogP contribution is 2.48. The summed E-state index contributed by atoms with van der Waals surface area (Å²) in [6, 6.07) is 2.15. The number of anilines is 1. The van der Waals surface area contributed by atoms with Crippen molar-refractivity contribution in [2.75, 3.05) is 18.9 Å². The summed E-state index contributed by atoms with van der Waals surface area (Å²) in [5.41, 5.74) is 4.46. The van der Waals surface area contributed by atoms with Gasteiger partial charge < -0.3 is 19.7 Å². The number of ether oxygens (including phenoxy) is 2. The van der Waals surface area contributed by atoms with Crippen molar-refractivity contribution in [1.29, 1.82) is 0 Å². The minimum Gasteiger partial charge on any atom is -0.486 e. The lowest BCUT2D eigenvalue weighted by molar-refractivity contribution is -0.137. The highest BCUT2D eigenvalue weighted by molar-refractivity contribution is 5.82. The summed E-state index contributed by atoms with van der Waals surface area (Å²) in [7, 11) is 0. The molecule has 0 saturated heterocycles. The molecule has 8 heteroatoms. The van der Waals surface area contributed by atoms with Crippen LogP contribution in [-0.4, -0.2) is 18.4 Å². The Morgan fingerprint density at radius 3 is 2.55 bits per heavy atom. The maximum absolute atomic E-state index is 13.2. The molecule has 2 aromatic rings. The lowest BCUT2D eigenvalue weighted by atomic mass is 9.99. The fourth-order valence-electron chi connectivity index (χ4n) is 2.06. The number of benzene rings is 1. The molecule has 2 N–H and O–H groups in total. The fraction of sp³-hybridized carbons (Fsp3) is 0.250. The topological polar surface area (TPSA) is 70.5 Å². The van der Waals surface area contributed by atoms with Gasteiger partial charge in [-0.15, -0.1) is 0 Å². The highest BCUT2D eigenvalue weighted by atomic mass is 19.4. The molecule has 0 unspecified atom stereocenters. The number of halogens is 3. The summed E-state index contributed by atoms with van der Waals surface area (Å²) in [6.45, 7) is 0.434. The average molecular weight is 286 g/mol. The van der Waals surface area contributed by atoms with Crippen molar-refractivity contribution in [2.45, 2.75) is 6.18 Å². The van der Waals surface area contributed by atoms with Gasteiger partial charge in [-0.05, 0) is 12.1 Å². The molecule has 3 rings (SSSR count). The second kappa shape index (κ2) is 4.32. The Morgan fingerprint density at radius 2 is 1.90 bits per heavy atom. The summed E-state index contributed by atoms with van der Waals surface area (Å²) < 4.78 is 54.7. The van der Waals surface area contributed by atoms with Crippen LogP contribution in [0.1, 0.15) is 5.56 Å². The largest absolute Gasteiger partial charge is 0.486 e. The molecule has 1 aromatic heterocycles. The van der Waals surface area contributed by atoms with Gasteiger partial charge in [-0.2, -0.15) is 13.2 Å². The van der Waals surface area contributed by atoms with E-state index in [1.807, 2.05) is 0 Å². The molecule has 2 heterocycles. The van der Waals surface area contributed by atoms with E-state index in [-0.39, 0.29) is 41.7 Å². The van der Waals surface area contributed by atoms with E-state index in [1.54, 1.807) is 0 Å². The molecule has 0 amide bonds. The predicted molar refractivity (Wildman–Crippen MR) is 62.3 cm³/mol. The van der Waals surface area contributed by atoms with Crippen molar-refractivity contribution < 1.29 is 27.2 Å². The Bertz CT molecular complexity index is 652. The van der Waals surface area contributed by atoms with E-state index in [9.17, 15) is 13.2 Å².